The quantitative estimate of drug-likeness (QED) is 0.380. The molecule has 1 N–H and O–H groups in total. The average Bonchev–Trinajstić information content (AvgIpc) is 2.77. The zero-order chi connectivity index (χ0) is 23.3. The second-order valence-electron chi connectivity index (χ2n) is 8.02. The molecule has 1 atom stereocenters. The van der Waals surface area contributed by atoms with E-state index in [-0.39, 0.29) is 11.7 Å². The average molecular weight is 451 g/mol. The summed E-state index contributed by atoms with van der Waals surface area (Å²) in [5, 5.41) is 13.6. The molecule has 0 fully saturated rings. The highest BCUT2D eigenvalue weighted by Gasteiger charge is 2.10. The van der Waals surface area contributed by atoms with Crippen LogP contribution >= 0.6 is 11.8 Å². The summed E-state index contributed by atoms with van der Waals surface area (Å²) in [6.45, 7) is 5.49. The molecule has 0 spiro atoms. The molecular formula is C27H32NO3S-. The van der Waals surface area contributed by atoms with Crippen molar-refractivity contribution < 1.29 is 14.7 Å². The molecule has 0 heterocycles. The van der Waals surface area contributed by atoms with Gasteiger partial charge in [0.1, 0.15) is 0 Å². The maximum atomic E-state index is 11.2. The zero-order valence-corrected chi connectivity index (χ0v) is 19.9. The highest BCUT2D eigenvalue weighted by atomic mass is 32.2. The van der Waals surface area contributed by atoms with Gasteiger partial charge in [-0.05, 0) is 49.8 Å². The Kier molecular flexibility index (Phi) is 10.8. The molecule has 0 aliphatic rings. The smallest absolute Gasteiger partial charge is 0.217 e. The Morgan fingerprint density at radius 3 is 2.22 bits per heavy atom. The molecule has 2 aromatic rings. The summed E-state index contributed by atoms with van der Waals surface area (Å²) < 4.78 is 0. The van der Waals surface area contributed by atoms with Crippen LogP contribution in [-0.2, 0) is 16.0 Å². The number of benzene rings is 2. The maximum absolute atomic E-state index is 11.2. The van der Waals surface area contributed by atoms with E-state index >= 15 is 0 Å². The van der Waals surface area contributed by atoms with E-state index in [4.69, 9.17) is 0 Å². The molecule has 32 heavy (non-hydrogen) atoms. The molecule has 0 aliphatic heterocycles. The first-order valence-corrected chi connectivity index (χ1v) is 12.0. The first-order valence-electron chi connectivity index (χ1n) is 10.9. The summed E-state index contributed by atoms with van der Waals surface area (Å²) in [7, 11) is 0. The lowest BCUT2D eigenvalue weighted by Crippen LogP contribution is -2.48. The molecule has 2 rings (SSSR count). The predicted molar refractivity (Wildman–Crippen MR) is 132 cm³/mol. The van der Waals surface area contributed by atoms with Gasteiger partial charge in [-0.1, -0.05) is 77.9 Å². The molecule has 0 bridgehead atoms. The van der Waals surface area contributed by atoms with Crippen LogP contribution < -0.4 is 10.4 Å². The lowest BCUT2D eigenvalue weighted by molar-refractivity contribution is -0.307. The van der Waals surface area contributed by atoms with Crippen LogP contribution in [-0.4, -0.2) is 29.4 Å². The van der Waals surface area contributed by atoms with Crippen LogP contribution in [0.2, 0.25) is 0 Å². The molecular weight excluding hydrogens is 418 g/mol. The Morgan fingerprint density at radius 2 is 1.62 bits per heavy atom. The Labute approximate surface area is 195 Å². The van der Waals surface area contributed by atoms with Crippen molar-refractivity contribution >= 4 is 23.6 Å². The van der Waals surface area contributed by atoms with Gasteiger partial charge in [0, 0.05) is 18.4 Å². The normalized spacial score (nSPS) is 12.2. The molecule has 2 aromatic carbocycles. The largest absolute Gasteiger partial charge is 0.548 e. The molecule has 0 saturated carbocycles. The molecule has 0 aliphatic carbocycles. The molecule has 0 saturated heterocycles. The number of hydrogen-bond acceptors (Lipinski definition) is 4. The second-order valence-corrected chi connectivity index (χ2v) is 9.10. The summed E-state index contributed by atoms with van der Waals surface area (Å²) in [6.07, 6.45) is 7.19. The van der Waals surface area contributed by atoms with Crippen molar-refractivity contribution in [2.24, 2.45) is 0 Å². The van der Waals surface area contributed by atoms with Gasteiger partial charge in [-0.25, -0.2) is 0 Å². The minimum absolute atomic E-state index is 0.287. The Balaban J connectivity index is 1.94. The fourth-order valence-corrected chi connectivity index (χ4v) is 4.14. The monoisotopic (exact) mass is 450 g/mol. The van der Waals surface area contributed by atoms with Gasteiger partial charge in [-0.15, -0.1) is 0 Å². The number of amides is 1. The van der Waals surface area contributed by atoms with E-state index in [0.29, 0.717) is 5.75 Å². The topological polar surface area (TPSA) is 69.2 Å². The lowest BCUT2D eigenvalue weighted by atomic mass is 9.99. The highest BCUT2D eigenvalue weighted by molar-refractivity contribution is 7.99. The van der Waals surface area contributed by atoms with Gasteiger partial charge in [0.25, 0.3) is 0 Å². The molecule has 0 aromatic heterocycles. The lowest BCUT2D eigenvalue weighted by Gasteiger charge is -2.18. The van der Waals surface area contributed by atoms with E-state index in [1.165, 1.54) is 46.5 Å². The third-order valence-electron chi connectivity index (χ3n) is 5.00. The fraction of sp³-hybridized carbons (Fsp3) is 0.333. The highest BCUT2D eigenvalue weighted by Crippen LogP contribution is 2.21. The first kappa shape index (κ1) is 25.5. The standard InChI is InChI=1S/C27H33NO3S/c1-20(2)9-10-23(17-18-32-19-26(27(30)31)28-21(3)29)12-11-22-13-15-25(16-14-22)24-7-5-4-6-8-24/h4-9,13-17,26H,10-12,18-19H2,1-3H3,(H,28,29)(H,30,31)/p-1/b23-17+/t26-/m0/s1. The maximum Gasteiger partial charge on any atom is 0.217 e. The van der Waals surface area contributed by atoms with Crippen molar-refractivity contribution in [3.05, 3.63) is 83.5 Å². The van der Waals surface area contributed by atoms with Gasteiger partial charge in [0.2, 0.25) is 5.91 Å². The van der Waals surface area contributed by atoms with Gasteiger partial charge in [-0.2, -0.15) is 11.8 Å². The second kappa shape index (κ2) is 13.6. The van der Waals surface area contributed by atoms with Crippen molar-refractivity contribution in [1.29, 1.82) is 0 Å². The SMILES string of the molecule is CC(=O)N[C@@H](CSC/C=C(\CC=C(C)C)CCc1ccc(-c2ccccc2)cc1)C(=O)[O-]. The number of rotatable bonds is 12. The Bertz CT molecular complexity index is 929. The van der Waals surface area contributed by atoms with E-state index in [1.54, 1.807) is 0 Å². The number of thioether (sulfide) groups is 1. The van der Waals surface area contributed by atoms with Crippen molar-refractivity contribution in [3.8, 4) is 11.1 Å². The number of aliphatic carboxylic acids is 1. The third-order valence-corrected chi connectivity index (χ3v) is 5.98. The molecule has 0 unspecified atom stereocenters. The van der Waals surface area contributed by atoms with E-state index in [9.17, 15) is 14.7 Å². The number of hydrogen-bond donors (Lipinski definition) is 1. The van der Waals surface area contributed by atoms with Crippen molar-refractivity contribution in [3.63, 3.8) is 0 Å². The van der Waals surface area contributed by atoms with Crippen molar-refractivity contribution in [2.45, 2.75) is 46.1 Å². The Hall–Kier alpha value is -2.79. The minimum atomic E-state index is -1.25. The van der Waals surface area contributed by atoms with Gasteiger partial charge in [0.15, 0.2) is 0 Å². The van der Waals surface area contributed by atoms with E-state index in [1.807, 2.05) is 18.2 Å². The number of carbonyl (C=O) groups excluding carboxylic acids is 2. The van der Waals surface area contributed by atoms with E-state index < -0.39 is 12.0 Å². The van der Waals surface area contributed by atoms with Crippen LogP contribution in [0.3, 0.4) is 0 Å². The Morgan fingerprint density at radius 1 is 0.969 bits per heavy atom. The van der Waals surface area contributed by atoms with E-state index in [2.05, 4.69) is 67.7 Å². The number of carbonyl (C=O) groups is 2. The summed E-state index contributed by atoms with van der Waals surface area (Å²) in [5.74, 6) is -0.629. The minimum Gasteiger partial charge on any atom is -0.548 e. The van der Waals surface area contributed by atoms with Crippen molar-refractivity contribution in [2.75, 3.05) is 11.5 Å². The van der Waals surface area contributed by atoms with Crippen molar-refractivity contribution in [1.82, 2.24) is 5.32 Å². The summed E-state index contributed by atoms with van der Waals surface area (Å²) in [6, 6.07) is 18.1. The number of carboxylic acid groups (broad SMARTS) is 1. The number of nitrogens with one attached hydrogen (secondary N) is 1. The van der Waals surface area contributed by atoms with Crippen LogP contribution in [0.25, 0.3) is 11.1 Å². The van der Waals surface area contributed by atoms with Gasteiger partial charge >= 0.3 is 0 Å². The third kappa shape index (κ3) is 9.56. The summed E-state index contributed by atoms with van der Waals surface area (Å²) in [5.41, 5.74) is 6.33. The van der Waals surface area contributed by atoms with Crippen LogP contribution in [0.5, 0.6) is 0 Å². The number of carboxylic acids is 1. The van der Waals surface area contributed by atoms with Gasteiger partial charge in [-0.3, -0.25) is 4.79 Å². The fourth-order valence-electron chi connectivity index (χ4n) is 3.20. The molecule has 1 amide bonds. The molecule has 170 valence electrons. The molecule has 0 radical (unpaired) electrons. The van der Waals surface area contributed by atoms with Gasteiger partial charge < -0.3 is 15.2 Å². The van der Waals surface area contributed by atoms with Crippen LogP contribution in [0.4, 0.5) is 0 Å². The molecule has 4 nitrogen and oxygen atoms in total. The molecule has 5 heteroatoms. The van der Waals surface area contributed by atoms with Crippen LogP contribution in [0, 0.1) is 0 Å². The van der Waals surface area contributed by atoms with Crippen LogP contribution in [0.1, 0.15) is 39.2 Å². The predicted octanol–water partition coefficient (Wildman–Crippen LogP) is 4.56. The van der Waals surface area contributed by atoms with E-state index in [0.717, 1.165) is 19.3 Å². The first-order chi connectivity index (χ1) is 15.3. The van der Waals surface area contributed by atoms with Gasteiger partial charge in [0.05, 0.1) is 12.0 Å². The number of allylic oxidation sites excluding steroid dienone is 3. The number of aryl methyl sites for hydroxylation is 1. The van der Waals surface area contributed by atoms with Crippen LogP contribution in [0.15, 0.2) is 77.9 Å². The summed E-state index contributed by atoms with van der Waals surface area (Å²) in [4.78, 5) is 22.3. The zero-order valence-electron chi connectivity index (χ0n) is 19.1. The summed E-state index contributed by atoms with van der Waals surface area (Å²) >= 11 is 1.48.